The molecule has 0 aromatic heterocycles. The summed E-state index contributed by atoms with van der Waals surface area (Å²) in [5.74, 6) is 5.48. The van der Waals surface area contributed by atoms with E-state index in [0.717, 1.165) is 18.8 Å². The minimum absolute atomic E-state index is 0.440. The number of rotatable bonds is 2. The normalized spacial score (nSPS) is 15.0. The lowest BCUT2D eigenvalue weighted by atomic mass is 10.2. The molecule has 0 N–H and O–H groups in total. The summed E-state index contributed by atoms with van der Waals surface area (Å²) in [5, 5.41) is 0. The highest BCUT2D eigenvalue weighted by Crippen LogP contribution is 2.31. The van der Waals surface area contributed by atoms with E-state index >= 15 is 0 Å². The molecule has 1 atom stereocenters. The summed E-state index contributed by atoms with van der Waals surface area (Å²) >= 11 is 0. The molecule has 2 heteroatoms. The Morgan fingerprint density at radius 1 is 1.82 bits per heavy atom. The Balaban J connectivity index is 2.05. The summed E-state index contributed by atoms with van der Waals surface area (Å²) in [5.41, 5.74) is 0. The number of carbonyl (C=O) groups excluding carboxylic acids is 1. The minimum Gasteiger partial charge on any atom is -0.459 e. The maximum atomic E-state index is 10.5. The standard InChI is InChI=1S/C9H11O2/c1-11-9(10)5-3-2-4-8-6-7-8/h6,8H,2,4,7H2,1H3. The van der Waals surface area contributed by atoms with Crippen molar-refractivity contribution in [2.24, 2.45) is 5.92 Å². The zero-order chi connectivity index (χ0) is 8.10. The molecule has 11 heavy (non-hydrogen) atoms. The van der Waals surface area contributed by atoms with Crippen molar-refractivity contribution >= 4 is 5.97 Å². The van der Waals surface area contributed by atoms with Gasteiger partial charge < -0.3 is 4.74 Å². The number of ether oxygens (including phenoxy) is 1. The van der Waals surface area contributed by atoms with Crippen molar-refractivity contribution in [2.45, 2.75) is 19.3 Å². The second-order valence-corrected chi connectivity index (χ2v) is 2.56. The Morgan fingerprint density at radius 2 is 2.55 bits per heavy atom. The van der Waals surface area contributed by atoms with E-state index in [0.29, 0.717) is 0 Å². The van der Waals surface area contributed by atoms with Gasteiger partial charge in [-0.25, -0.2) is 4.79 Å². The van der Waals surface area contributed by atoms with Gasteiger partial charge >= 0.3 is 5.97 Å². The molecule has 0 aromatic carbocycles. The van der Waals surface area contributed by atoms with Crippen LogP contribution in [0.25, 0.3) is 0 Å². The summed E-state index contributed by atoms with van der Waals surface area (Å²) < 4.78 is 4.35. The van der Waals surface area contributed by atoms with E-state index in [1.54, 1.807) is 0 Å². The Hall–Kier alpha value is -0.970. The predicted molar refractivity (Wildman–Crippen MR) is 41.4 cm³/mol. The molecule has 1 radical (unpaired) electrons. The van der Waals surface area contributed by atoms with Gasteiger partial charge in [0.25, 0.3) is 0 Å². The highest BCUT2D eigenvalue weighted by atomic mass is 16.5. The average molecular weight is 151 g/mol. The van der Waals surface area contributed by atoms with Gasteiger partial charge in [0, 0.05) is 12.3 Å². The average Bonchev–Trinajstić information content (AvgIpc) is 2.81. The molecule has 59 valence electrons. The first-order valence-corrected chi connectivity index (χ1v) is 3.73. The largest absolute Gasteiger partial charge is 0.459 e. The van der Waals surface area contributed by atoms with Crippen molar-refractivity contribution in [2.75, 3.05) is 7.11 Å². The molecule has 0 amide bonds. The molecule has 1 aliphatic carbocycles. The molecule has 0 aromatic rings. The minimum atomic E-state index is -0.440. The summed E-state index contributed by atoms with van der Waals surface area (Å²) in [6.45, 7) is 0. The second-order valence-electron chi connectivity index (χ2n) is 2.56. The fourth-order valence-electron chi connectivity index (χ4n) is 0.775. The molecule has 1 fully saturated rings. The van der Waals surface area contributed by atoms with Crippen molar-refractivity contribution in [3.05, 3.63) is 6.42 Å². The summed E-state index contributed by atoms with van der Waals surface area (Å²) in [4.78, 5) is 10.5. The van der Waals surface area contributed by atoms with Crippen LogP contribution in [0.1, 0.15) is 19.3 Å². The molecule has 1 saturated carbocycles. The van der Waals surface area contributed by atoms with Crippen LogP contribution in [0.15, 0.2) is 0 Å². The van der Waals surface area contributed by atoms with Gasteiger partial charge in [-0.3, -0.25) is 0 Å². The lowest BCUT2D eigenvalue weighted by molar-refractivity contribution is -0.133. The van der Waals surface area contributed by atoms with Crippen molar-refractivity contribution in [3.8, 4) is 11.8 Å². The monoisotopic (exact) mass is 151 g/mol. The van der Waals surface area contributed by atoms with E-state index in [1.807, 2.05) is 0 Å². The topological polar surface area (TPSA) is 26.3 Å². The van der Waals surface area contributed by atoms with Crippen LogP contribution in [0.5, 0.6) is 0 Å². The van der Waals surface area contributed by atoms with Gasteiger partial charge in [0.2, 0.25) is 0 Å². The number of methoxy groups -OCH3 is 1. The third kappa shape index (κ3) is 3.67. The molecule has 0 spiro atoms. The van der Waals surface area contributed by atoms with Crippen LogP contribution in [0, 0.1) is 24.2 Å². The third-order valence-corrected chi connectivity index (χ3v) is 1.59. The molecular weight excluding hydrogens is 140 g/mol. The van der Waals surface area contributed by atoms with Gasteiger partial charge in [0.05, 0.1) is 7.11 Å². The van der Waals surface area contributed by atoms with Crippen molar-refractivity contribution < 1.29 is 9.53 Å². The first kappa shape index (κ1) is 8.13. The maximum absolute atomic E-state index is 10.5. The lowest BCUT2D eigenvalue weighted by Crippen LogP contribution is -1.94. The van der Waals surface area contributed by atoms with Gasteiger partial charge in [-0.1, -0.05) is 5.92 Å². The van der Waals surface area contributed by atoms with Crippen molar-refractivity contribution in [1.82, 2.24) is 0 Å². The zero-order valence-corrected chi connectivity index (χ0v) is 6.59. The van der Waals surface area contributed by atoms with E-state index in [9.17, 15) is 4.79 Å². The molecule has 0 heterocycles. The number of hydrogen-bond acceptors (Lipinski definition) is 2. The third-order valence-electron chi connectivity index (χ3n) is 1.59. The van der Waals surface area contributed by atoms with Crippen molar-refractivity contribution in [3.63, 3.8) is 0 Å². The van der Waals surface area contributed by atoms with Crippen LogP contribution >= 0.6 is 0 Å². The van der Waals surface area contributed by atoms with Crippen LogP contribution in [0.3, 0.4) is 0 Å². The Morgan fingerprint density at radius 3 is 3.09 bits per heavy atom. The highest BCUT2D eigenvalue weighted by Gasteiger charge is 2.20. The molecular formula is C9H11O2. The van der Waals surface area contributed by atoms with Gasteiger partial charge in [0.1, 0.15) is 0 Å². The Bertz CT molecular complexity index is 193. The van der Waals surface area contributed by atoms with Gasteiger partial charge in [-0.05, 0) is 25.2 Å². The van der Waals surface area contributed by atoms with Crippen LogP contribution in [0.4, 0.5) is 0 Å². The SMILES string of the molecule is COC(=O)C#CCCC1[CH]C1. The summed E-state index contributed by atoms with van der Waals surface area (Å²) in [6, 6.07) is 0. The lowest BCUT2D eigenvalue weighted by Gasteiger charge is -1.86. The van der Waals surface area contributed by atoms with Crippen LogP contribution < -0.4 is 0 Å². The van der Waals surface area contributed by atoms with Crippen LogP contribution in [0.2, 0.25) is 0 Å². The van der Waals surface area contributed by atoms with E-state index in [4.69, 9.17) is 0 Å². The number of carbonyl (C=O) groups is 1. The zero-order valence-electron chi connectivity index (χ0n) is 6.59. The first-order valence-electron chi connectivity index (χ1n) is 3.73. The van der Waals surface area contributed by atoms with Crippen LogP contribution in [-0.4, -0.2) is 13.1 Å². The number of esters is 1. The Kier molecular flexibility index (Phi) is 2.97. The first-order chi connectivity index (χ1) is 5.33. The van der Waals surface area contributed by atoms with Gasteiger partial charge in [-0.2, -0.15) is 0 Å². The van der Waals surface area contributed by atoms with E-state index in [-0.39, 0.29) is 0 Å². The van der Waals surface area contributed by atoms with Gasteiger partial charge in [-0.15, -0.1) is 0 Å². The van der Waals surface area contributed by atoms with E-state index in [1.165, 1.54) is 13.5 Å². The summed E-state index contributed by atoms with van der Waals surface area (Å²) in [7, 11) is 1.34. The molecule has 0 bridgehead atoms. The van der Waals surface area contributed by atoms with Gasteiger partial charge in [0.15, 0.2) is 0 Å². The molecule has 0 saturated heterocycles. The molecule has 2 nitrogen and oxygen atoms in total. The quantitative estimate of drug-likeness (QED) is 0.336. The van der Waals surface area contributed by atoms with Crippen LogP contribution in [-0.2, 0) is 9.53 Å². The van der Waals surface area contributed by atoms with Crippen molar-refractivity contribution in [1.29, 1.82) is 0 Å². The molecule has 1 unspecified atom stereocenters. The Labute approximate surface area is 66.9 Å². The highest BCUT2D eigenvalue weighted by molar-refractivity contribution is 5.88. The molecule has 0 aliphatic heterocycles. The fraction of sp³-hybridized carbons (Fsp3) is 0.556. The predicted octanol–water partition coefficient (Wildman–Crippen LogP) is 1.17. The second kappa shape index (κ2) is 4.02. The van der Waals surface area contributed by atoms with E-state index < -0.39 is 5.97 Å². The number of hydrogen-bond donors (Lipinski definition) is 0. The summed E-state index contributed by atoms with van der Waals surface area (Å²) in [6.07, 6.45) is 5.36. The fourth-order valence-corrected chi connectivity index (χ4v) is 0.775. The maximum Gasteiger partial charge on any atom is 0.384 e. The molecule has 1 aliphatic rings. The molecule has 1 rings (SSSR count). The smallest absolute Gasteiger partial charge is 0.384 e. The van der Waals surface area contributed by atoms with E-state index in [2.05, 4.69) is 23.0 Å².